The van der Waals surface area contributed by atoms with Gasteiger partial charge in [-0.2, -0.15) is 0 Å². The number of imidazole rings is 1. The molecule has 1 atom stereocenters. The minimum Gasteiger partial charge on any atom is -0.377 e. The summed E-state index contributed by atoms with van der Waals surface area (Å²) >= 11 is 7.56. The molecule has 0 aromatic carbocycles. The summed E-state index contributed by atoms with van der Waals surface area (Å²) in [4.78, 5) is 4.36. The van der Waals surface area contributed by atoms with Crippen LogP contribution in [0.3, 0.4) is 0 Å². The van der Waals surface area contributed by atoms with Gasteiger partial charge in [0.15, 0.2) is 5.16 Å². The van der Waals surface area contributed by atoms with Crippen molar-refractivity contribution in [3.8, 4) is 0 Å². The molecule has 0 bridgehead atoms. The minimum atomic E-state index is 0.398. The predicted octanol–water partition coefficient (Wildman–Crippen LogP) is 2.82. The Morgan fingerprint density at radius 1 is 1.62 bits per heavy atom. The molecule has 1 aromatic heterocycles. The van der Waals surface area contributed by atoms with Gasteiger partial charge in [0.05, 0.1) is 23.9 Å². The highest BCUT2D eigenvalue weighted by Crippen LogP contribution is 2.23. The monoisotopic (exact) mass is 260 g/mol. The van der Waals surface area contributed by atoms with Gasteiger partial charge in [-0.1, -0.05) is 11.8 Å². The molecule has 2 heterocycles. The lowest BCUT2D eigenvalue weighted by atomic mass is 10.1. The van der Waals surface area contributed by atoms with E-state index in [4.69, 9.17) is 16.3 Å². The van der Waals surface area contributed by atoms with Gasteiger partial charge in [0.2, 0.25) is 0 Å². The largest absolute Gasteiger partial charge is 0.377 e. The second-order valence-electron chi connectivity index (χ2n) is 4.02. The first-order valence-corrected chi connectivity index (χ1v) is 7.14. The maximum absolute atomic E-state index is 5.80. The van der Waals surface area contributed by atoms with Crippen LogP contribution < -0.4 is 0 Å². The summed E-state index contributed by atoms with van der Waals surface area (Å²) in [6.07, 6.45) is 5.92. The van der Waals surface area contributed by atoms with Crippen LogP contribution in [0.25, 0.3) is 0 Å². The van der Waals surface area contributed by atoms with E-state index in [-0.39, 0.29) is 0 Å². The SMILES string of the molecule is Cn1c(CCl)cnc1SCC1CCCCO1. The second kappa shape index (κ2) is 5.94. The molecule has 5 heteroatoms. The predicted molar refractivity (Wildman–Crippen MR) is 67.1 cm³/mol. The molecule has 3 nitrogen and oxygen atoms in total. The molecule has 1 saturated heterocycles. The first kappa shape index (κ1) is 12.3. The van der Waals surface area contributed by atoms with Crippen molar-refractivity contribution in [3.63, 3.8) is 0 Å². The summed E-state index contributed by atoms with van der Waals surface area (Å²) in [7, 11) is 2.01. The minimum absolute atomic E-state index is 0.398. The number of halogens is 1. The topological polar surface area (TPSA) is 27.1 Å². The Bertz CT molecular complexity index is 337. The smallest absolute Gasteiger partial charge is 0.168 e. The average Bonchev–Trinajstić information content (AvgIpc) is 2.69. The van der Waals surface area contributed by atoms with Gasteiger partial charge in [0, 0.05) is 19.4 Å². The lowest BCUT2D eigenvalue weighted by Crippen LogP contribution is -2.21. The molecule has 1 unspecified atom stereocenters. The third kappa shape index (κ3) is 2.93. The quantitative estimate of drug-likeness (QED) is 0.615. The van der Waals surface area contributed by atoms with Gasteiger partial charge in [-0.3, -0.25) is 0 Å². The second-order valence-corrected chi connectivity index (χ2v) is 5.28. The lowest BCUT2D eigenvalue weighted by molar-refractivity contribution is 0.0315. The summed E-state index contributed by atoms with van der Waals surface area (Å²) in [6.45, 7) is 0.915. The van der Waals surface area contributed by atoms with E-state index in [1.165, 1.54) is 19.3 Å². The van der Waals surface area contributed by atoms with Crippen LogP contribution in [-0.2, 0) is 17.7 Å². The van der Waals surface area contributed by atoms with Crippen molar-refractivity contribution in [2.45, 2.75) is 36.4 Å². The average molecular weight is 261 g/mol. The van der Waals surface area contributed by atoms with Gasteiger partial charge in [-0.05, 0) is 19.3 Å². The molecule has 1 aliphatic heterocycles. The van der Waals surface area contributed by atoms with Crippen LogP contribution in [0.5, 0.6) is 0 Å². The van der Waals surface area contributed by atoms with E-state index in [9.17, 15) is 0 Å². The number of thioether (sulfide) groups is 1. The van der Waals surface area contributed by atoms with Gasteiger partial charge >= 0.3 is 0 Å². The fraction of sp³-hybridized carbons (Fsp3) is 0.727. The summed E-state index contributed by atoms with van der Waals surface area (Å²) in [6, 6.07) is 0. The Labute approximate surface area is 106 Å². The molecular weight excluding hydrogens is 244 g/mol. The van der Waals surface area contributed by atoms with E-state index in [2.05, 4.69) is 9.55 Å². The molecule has 0 saturated carbocycles. The summed E-state index contributed by atoms with van der Waals surface area (Å²) in [5, 5.41) is 1.03. The van der Waals surface area contributed by atoms with Crippen LogP contribution in [0.15, 0.2) is 11.4 Å². The van der Waals surface area contributed by atoms with Crippen molar-refractivity contribution < 1.29 is 4.74 Å². The first-order valence-electron chi connectivity index (χ1n) is 5.62. The highest BCUT2D eigenvalue weighted by atomic mass is 35.5. The zero-order chi connectivity index (χ0) is 11.4. The standard InChI is InChI=1S/C11H17ClN2OS/c1-14-9(6-12)7-13-11(14)16-8-10-4-2-3-5-15-10/h7,10H,2-6,8H2,1H3. The Kier molecular flexibility index (Phi) is 4.55. The molecule has 0 spiro atoms. The molecule has 2 rings (SSSR count). The van der Waals surface area contributed by atoms with Crippen molar-refractivity contribution in [1.82, 2.24) is 9.55 Å². The van der Waals surface area contributed by atoms with Crippen molar-refractivity contribution in [2.75, 3.05) is 12.4 Å². The van der Waals surface area contributed by atoms with Crippen LogP contribution in [0.2, 0.25) is 0 Å². The number of aromatic nitrogens is 2. The molecule has 0 N–H and O–H groups in total. The van der Waals surface area contributed by atoms with Crippen LogP contribution in [0.1, 0.15) is 25.0 Å². The Balaban J connectivity index is 1.86. The third-order valence-electron chi connectivity index (χ3n) is 2.85. The van der Waals surface area contributed by atoms with E-state index >= 15 is 0 Å². The first-order chi connectivity index (χ1) is 7.81. The van der Waals surface area contributed by atoms with Crippen LogP contribution >= 0.6 is 23.4 Å². The van der Waals surface area contributed by atoms with Crippen LogP contribution in [0, 0.1) is 0 Å². The Morgan fingerprint density at radius 3 is 3.12 bits per heavy atom. The van der Waals surface area contributed by atoms with Crippen molar-refractivity contribution in [1.29, 1.82) is 0 Å². The van der Waals surface area contributed by atoms with E-state index in [0.717, 1.165) is 23.2 Å². The summed E-state index contributed by atoms with van der Waals surface area (Å²) < 4.78 is 7.74. The van der Waals surface area contributed by atoms with E-state index < -0.39 is 0 Å². The van der Waals surface area contributed by atoms with E-state index in [0.29, 0.717) is 12.0 Å². The number of nitrogens with zero attached hydrogens (tertiary/aromatic N) is 2. The van der Waals surface area contributed by atoms with Crippen LogP contribution in [-0.4, -0.2) is 28.0 Å². The molecule has 90 valence electrons. The normalized spacial score (nSPS) is 21.2. The van der Waals surface area contributed by atoms with Crippen molar-refractivity contribution in [2.24, 2.45) is 7.05 Å². The van der Waals surface area contributed by atoms with Gasteiger partial charge < -0.3 is 9.30 Å². The highest BCUT2D eigenvalue weighted by molar-refractivity contribution is 7.99. The molecule has 1 aliphatic rings. The molecule has 16 heavy (non-hydrogen) atoms. The van der Waals surface area contributed by atoms with Crippen LogP contribution in [0.4, 0.5) is 0 Å². The number of ether oxygens (including phenoxy) is 1. The third-order valence-corrected chi connectivity index (χ3v) is 4.30. The molecule has 1 aromatic rings. The fourth-order valence-electron chi connectivity index (χ4n) is 1.79. The number of rotatable bonds is 4. The van der Waals surface area contributed by atoms with E-state index in [1.54, 1.807) is 11.8 Å². The fourth-order valence-corrected chi connectivity index (χ4v) is 3.07. The molecule has 0 radical (unpaired) electrons. The van der Waals surface area contributed by atoms with Gasteiger partial charge in [0.1, 0.15) is 0 Å². The molecular formula is C11H17ClN2OS. The summed E-state index contributed by atoms with van der Waals surface area (Å²) in [5.74, 6) is 1.51. The molecule has 0 amide bonds. The van der Waals surface area contributed by atoms with Crippen molar-refractivity contribution in [3.05, 3.63) is 11.9 Å². The number of hydrogen-bond donors (Lipinski definition) is 0. The van der Waals surface area contributed by atoms with Gasteiger partial charge in [0.25, 0.3) is 0 Å². The zero-order valence-corrected chi connectivity index (χ0v) is 11.1. The Hall–Kier alpha value is -0.190. The van der Waals surface area contributed by atoms with Gasteiger partial charge in [-0.25, -0.2) is 4.98 Å². The zero-order valence-electron chi connectivity index (χ0n) is 9.49. The Morgan fingerprint density at radius 2 is 2.50 bits per heavy atom. The highest BCUT2D eigenvalue weighted by Gasteiger charge is 2.15. The molecule has 1 fully saturated rings. The summed E-state index contributed by atoms with van der Waals surface area (Å²) in [5.41, 5.74) is 1.06. The molecule has 0 aliphatic carbocycles. The lowest BCUT2D eigenvalue weighted by Gasteiger charge is -2.21. The van der Waals surface area contributed by atoms with Gasteiger partial charge in [-0.15, -0.1) is 11.6 Å². The van der Waals surface area contributed by atoms with E-state index in [1.807, 2.05) is 13.2 Å². The maximum atomic E-state index is 5.80. The number of alkyl halides is 1. The van der Waals surface area contributed by atoms with Crippen molar-refractivity contribution >= 4 is 23.4 Å². The maximum Gasteiger partial charge on any atom is 0.168 e. The number of hydrogen-bond acceptors (Lipinski definition) is 3.